The van der Waals surface area contributed by atoms with E-state index in [0.29, 0.717) is 0 Å². The Morgan fingerprint density at radius 2 is 1.90 bits per heavy atom. The summed E-state index contributed by atoms with van der Waals surface area (Å²) in [5, 5.41) is 7.46. The first kappa shape index (κ1) is 7.15. The molecule has 1 rings (SSSR count). The molecule has 10 heavy (non-hydrogen) atoms. The van der Waals surface area contributed by atoms with Gasteiger partial charge in [0.1, 0.15) is 0 Å². The topological polar surface area (TPSA) is 37.3 Å². The number of carbonyl (C=O) groups is 1. The largest absolute Gasteiger partial charge is 0.473 e. The van der Waals surface area contributed by atoms with E-state index in [9.17, 15) is 4.79 Å². The van der Waals surface area contributed by atoms with Gasteiger partial charge in [0.05, 0.1) is 0 Å². The van der Waals surface area contributed by atoms with Crippen molar-refractivity contribution in [1.82, 2.24) is 0 Å². The van der Waals surface area contributed by atoms with Crippen LogP contribution in [-0.4, -0.2) is 10.4 Å². The Morgan fingerprint density at radius 1 is 1.30 bits per heavy atom. The second-order valence-corrected chi connectivity index (χ2v) is 2.71. The maximum Gasteiger partial charge on any atom is 0.369 e. The standard InChI is InChI=1S/C7H6O2S/c8-7(9)10-6-4-2-1-3-5-6/h1-5H,(H,8,9). The highest BCUT2D eigenvalue weighted by Gasteiger charge is 1.97. The molecular formula is C7H6O2S. The summed E-state index contributed by atoms with van der Waals surface area (Å²) in [6.07, 6.45) is 0. The first-order valence-electron chi connectivity index (χ1n) is 2.75. The van der Waals surface area contributed by atoms with E-state index in [1.807, 2.05) is 18.2 Å². The van der Waals surface area contributed by atoms with Crippen LogP contribution in [0, 0.1) is 0 Å². The Morgan fingerprint density at radius 3 is 2.40 bits per heavy atom. The highest BCUT2D eigenvalue weighted by Crippen LogP contribution is 2.16. The van der Waals surface area contributed by atoms with Gasteiger partial charge in [-0.15, -0.1) is 0 Å². The minimum atomic E-state index is -0.869. The number of hydrogen-bond acceptors (Lipinski definition) is 2. The molecule has 0 atom stereocenters. The van der Waals surface area contributed by atoms with Gasteiger partial charge in [0.2, 0.25) is 0 Å². The molecule has 0 unspecified atom stereocenters. The Balaban J connectivity index is 2.67. The zero-order valence-corrected chi connectivity index (χ0v) is 5.97. The Hall–Kier alpha value is -0.960. The minimum absolute atomic E-state index is 0.759. The van der Waals surface area contributed by atoms with E-state index in [1.165, 1.54) is 0 Å². The number of thioether (sulfide) groups is 1. The molecule has 0 aliphatic heterocycles. The number of rotatable bonds is 1. The molecule has 0 aromatic heterocycles. The molecule has 0 fully saturated rings. The molecule has 0 amide bonds. The molecule has 1 aromatic rings. The van der Waals surface area contributed by atoms with Gasteiger partial charge in [-0.3, -0.25) is 0 Å². The fraction of sp³-hybridized carbons (Fsp3) is 0. The SMILES string of the molecule is O=C(O)Sc1ccccc1. The van der Waals surface area contributed by atoms with Crippen LogP contribution in [0.1, 0.15) is 0 Å². The summed E-state index contributed by atoms with van der Waals surface area (Å²) < 4.78 is 0. The maximum atomic E-state index is 10.1. The lowest BCUT2D eigenvalue weighted by Crippen LogP contribution is -1.81. The van der Waals surface area contributed by atoms with Crippen LogP contribution in [0.2, 0.25) is 0 Å². The summed E-state index contributed by atoms with van der Waals surface area (Å²) in [6.45, 7) is 0. The van der Waals surface area contributed by atoms with Crippen molar-refractivity contribution in [3.8, 4) is 0 Å². The fourth-order valence-electron chi connectivity index (χ4n) is 0.589. The second kappa shape index (κ2) is 3.27. The summed E-state index contributed by atoms with van der Waals surface area (Å²) in [4.78, 5) is 10.9. The van der Waals surface area contributed by atoms with Gasteiger partial charge >= 0.3 is 5.30 Å². The first-order chi connectivity index (χ1) is 4.79. The van der Waals surface area contributed by atoms with Crippen LogP contribution in [0.3, 0.4) is 0 Å². The highest BCUT2D eigenvalue weighted by molar-refractivity contribution is 8.13. The van der Waals surface area contributed by atoms with E-state index in [0.717, 1.165) is 16.7 Å². The molecule has 0 saturated carbocycles. The summed E-state index contributed by atoms with van der Waals surface area (Å²) in [5.41, 5.74) is 0. The van der Waals surface area contributed by atoms with Crippen LogP contribution in [-0.2, 0) is 0 Å². The van der Waals surface area contributed by atoms with Gasteiger partial charge in [0.25, 0.3) is 0 Å². The lowest BCUT2D eigenvalue weighted by atomic mass is 10.4. The molecule has 0 saturated heterocycles. The molecule has 0 aliphatic carbocycles. The monoisotopic (exact) mass is 154 g/mol. The summed E-state index contributed by atoms with van der Waals surface area (Å²) >= 11 is 0.815. The van der Waals surface area contributed by atoms with Crippen molar-refractivity contribution in [3.63, 3.8) is 0 Å². The van der Waals surface area contributed by atoms with E-state index < -0.39 is 5.30 Å². The average Bonchev–Trinajstić information content (AvgIpc) is 1.88. The summed E-state index contributed by atoms with van der Waals surface area (Å²) in [5.74, 6) is 0. The average molecular weight is 154 g/mol. The van der Waals surface area contributed by atoms with Gasteiger partial charge in [-0.05, 0) is 23.9 Å². The predicted octanol–water partition coefficient (Wildman–Crippen LogP) is 2.46. The predicted molar refractivity (Wildman–Crippen MR) is 40.3 cm³/mol. The van der Waals surface area contributed by atoms with Gasteiger partial charge in [-0.2, -0.15) is 0 Å². The first-order valence-corrected chi connectivity index (χ1v) is 3.56. The van der Waals surface area contributed by atoms with Crippen molar-refractivity contribution >= 4 is 17.1 Å². The van der Waals surface area contributed by atoms with Crippen LogP contribution in [0.5, 0.6) is 0 Å². The minimum Gasteiger partial charge on any atom is -0.473 e. The van der Waals surface area contributed by atoms with Crippen LogP contribution in [0.4, 0.5) is 4.79 Å². The number of benzene rings is 1. The third-order valence-electron chi connectivity index (χ3n) is 0.948. The molecule has 3 heteroatoms. The van der Waals surface area contributed by atoms with E-state index >= 15 is 0 Å². The van der Waals surface area contributed by atoms with Crippen LogP contribution in [0.15, 0.2) is 35.2 Å². The lowest BCUT2D eigenvalue weighted by molar-refractivity contribution is 0.222. The molecule has 0 spiro atoms. The molecule has 1 aromatic carbocycles. The van der Waals surface area contributed by atoms with Gasteiger partial charge < -0.3 is 5.11 Å². The van der Waals surface area contributed by atoms with Crippen molar-refractivity contribution in [3.05, 3.63) is 30.3 Å². The quantitative estimate of drug-likeness (QED) is 0.631. The van der Waals surface area contributed by atoms with E-state index in [1.54, 1.807) is 12.1 Å². The van der Waals surface area contributed by atoms with Crippen molar-refractivity contribution in [2.45, 2.75) is 4.90 Å². The molecular weight excluding hydrogens is 148 g/mol. The van der Waals surface area contributed by atoms with Gasteiger partial charge in [-0.1, -0.05) is 18.2 Å². The van der Waals surface area contributed by atoms with Gasteiger partial charge in [0.15, 0.2) is 0 Å². The van der Waals surface area contributed by atoms with Crippen LogP contribution >= 0.6 is 11.8 Å². The van der Waals surface area contributed by atoms with Crippen molar-refractivity contribution in [2.75, 3.05) is 0 Å². The maximum absolute atomic E-state index is 10.1. The Bertz CT molecular complexity index is 220. The molecule has 52 valence electrons. The smallest absolute Gasteiger partial charge is 0.369 e. The van der Waals surface area contributed by atoms with Gasteiger partial charge in [-0.25, -0.2) is 4.79 Å². The zero-order chi connectivity index (χ0) is 7.40. The van der Waals surface area contributed by atoms with Crippen molar-refractivity contribution in [2.24, 2.45) is 0 Å². The van der Waals surface area contributed by atoms with E-state index in [4.69, 9.17) is 5.11 Å². The molecule has 2 nitrogen and oxygen atoms in total. The normalized spacial score (nSPS) is 9.20. The Labute approximate surface area is 62.9 Å². The van der Waals surface area contributed by atoms with Crippen LogP contribution in [0.25, 0.3) is 0 Å². The van der Waals surface area contributed by atoms with Crippen molar-refractivity contribution < 1.29 is 9.90 Å². The third kappa shape index (κ3) is 2.11. The molecule has 0 radical (unpaired) electrons. The molecule has 0 heterocycles. The van der Waals surface area contributed by atoms with E-state index in [-0.39, 0.29) is 0 Å². The summed E-state index contributed by atoms with van der Waals surface area (Å²) in [7, 11) is 0. The molecule has 0 bridgehead atoms. The molecule has 0 aliphatic rings. The Kier molecular flexibility index (Phi) is 2.34. The molecule has 1 N–H and O–H groups in total. The second-order valence-electron chi connectivity index (χ2n) is 1.68. The zero-order valence-electron chi connectivity index (χ0n) is 5.15. The van der Waals surface area contributed by atoms with Crippen molar-refractivity contribution in [1.29, 1.82) is 0 Å². The number of carboxylic acid groups (broad SMARTS) is 1. The van der Waals surface area contributed by atoms with E-state index in [2.05, 4.69) is 0 Å². The summed E-state index contributed by atoms with van der Waals surface area (Å²) in [6, 6.07) is 9.00. The number of hydrogen-bond donors (Lipinski definition) is 1. The van der Waals surface area contributed by atoms with Gasteiger partial charge in [0, 0.05) is 4.90 Å². The fourth-order valence-corrected chi connectivity index (χ4v) is 1.08. The van der Waals surface area contributed by atoms with Crippen LogP contribution < -0.4 is 0 Å². The lowest BCUT2D eigenvalue weighted by Gasteiger charge is -1.91. The highest BCUT2D eigenvalue weighted by atomic mass is 32.2. The third-order valence-corrected chi connectivity index (χ3v) is 1.63.